The number of thiophene rings is 2. The third-order valence-corrected chi connectivity index (χ3v) is 6.67. The maximum atomic E-state index is 12.9. The molecule has 0 radical (unpaired) electrons. The molecule has 2 aromatic heterocycles. The quantitative estimate of drug-likeness (QED) is 0.652. The molecule has 0 aliphatic carbocycles. The topological polar surface area (TPSA) is 23.6 Å². The molecule has 1 atom stereocenters. The van der Waals surface area contributed by atoms with E-state index in [1.54, 1.807) is 11.3 Å². The van der Waals surface area contributed by atoms with Crippen molar-refractivity contribution in [1.29, 1.82) is 0 Å². The minimum atomic E-state index is 0.171. The van der Waals surface area contributed by atoms with Gasteiger partial charge in [-0.15, -0.1) is 11.3 Å². The van der Waals surface area contributed by atoms with Crippen LogP contribution >= 0.6 is 22.7 Å². The first kappa shape index (κ1) is 17.5. The van der Waals surface area contributed by atoms with Gasteiger partial charge in [0.2, 0.25) is 5.91 Å². The molecule has 3 aromatic rings. The summed E-state index contributed by atoms with van der Waals surface area (Å²) in [7, 11) is 1.90. The van der Waals surface area contributed by atoms with Gasteiger partial charge in [-0.1, -0.05) is 30.3 Å². The Bertz CT molecular complexity index is 857. The maximum absolute atomic E-state index is 12.9. The summed E-state index contributed by atoms with van der Waals surface area (Å²) in [5, 5.41) is 6.34. The second kappa shape index (κ2) is 7.74. The first-order chi connectivity index (χ1) is 12.7. The van der Waals surface area contributed by atoms with Crippen LogP contribution in [-0.2, 0) is 17.8 Å². The van der Waals surface area contributed by atoms with Crippen LogP contribution in [0.15, 0.2) is 58.6 Å². The SMILES string of the molecule is CN(Cc1ccsc1)C(=O)CN1CCc2sccc2[C@H]1c1ccccc1. The standard InChI is InChI=1S/C21H22N2OS2/c1-22(13-16-8-11-25-15-16)20(24)14-23-10-7-19-18(9-12-26-19)21(23)17-5-3-2-4-6-17/h2-6,8-9,11-12,15,21H,7,10,13-14H2,1H3/t21-/m1/s1. The molecule has 3 nitrogen and oxygen atoms in total. The second-order valence-electron chi connectivity index (χ2n) is 6.71. The van der Waals surface area contributed by atoms with Crippen LogP contribution < -0.4 is 0 Å². The third kappa shape index (κ3) is 3.61. The Kier molecular flexibility index (Phi) is 5.20. The zero-order chi connectivity index (χ0) is 17.9. The lowest BCUT2D eigenvalue weighted by molar-refractivity contribution is -0.132. The van der Waals surface area contributed by atoms with Crippen molar-refractivity contribution in [3.8, 4) is 0 Å². The van der Waals surface area contributed by atoms with Crippen LogP contribution in [0.5, 0.6) is 0 Å². The minimum absolute atomic E-state index is 0.171. The van der Waals surface area contributed by atoms with Gasteiger partial charge >= 0.3 is 0 Å². The number of hydrogen-bond donors (Lipinski definition) is 0. The number of carbonyl (C=O) groups is 1. The molecule has 4 rings (SSSR count). The highest BCUT2D eigenvalue weighted by Gasteiger charge is 2.31. The molecule has 3 heterocycles. The predicted molar refractivity (Wildman–Crippen MR) is 109 cm³/mol. The molecular formula is C21H22N2OS2. The van der Waals surface area contributed by atoms with Crippen LogP contribution in [0.25, 0.3) is 0 Å². The lowest BCUT2D eigenvalue weighted by Crippen LogP contribution is -2.43. The molecule has 0 fully saturated rings. The van der Waals surface area contributed by atoms with E-state index in [0.29, 0.717) is 13.1 Å². The molecule has 26 heavy (non-hydrogen) atoms. The van der Waals surface area contributed by atoms with Gasteiger partial charge in [-0.3, -0.25) is 9.69 Å². The molecule has 5 heteroatoms. The van der Waals surface area contributed by atoms with Gasteiger partial charge in [0.15, 0.2) is 0 Å². The molecule has 0 N–H and O–H groups in total. The normalized spacial score (nSPS) is 17.0. The fourth-order valence-corrected chi connectivity index (χ4v) is 5.17. The number of hydrogen-bond acceptors (Lipinski definition) is 4. The summed E-state index contributed by atoms with van der Waals surface area (Å²) in [5.74, 6) is 0.177. The van der Waals surface area contributed by atoms with Crippen molar-refractivity contribution in [3.05, 3.63) is 80.2 Å². The lowest BCUT2D eigenvalue weighted by Gasteiger charge is -2.36. The third-order valence-electron chi connectivity index (χ3n) is 4.94. The number of likely N-dealkylation sites (N-methyl/N-ethyl adjacent to an activating group) is 1. The molecule has 0 unspecified atom stereocenters. The van der Waals surface area contributed by atoms with Gasteiger partial charge in [-0.05, 0) is 51.4 Å². The highest BCUT2D eigenvalue weighted by Crippen LogP contribution is 2.37. The van der Waals surface area contributed by atoms with E-state index in [1.807, 2.05) is 29.4 Å². The summed E-state index contributed by atoms with van der Waals surface area (Å²) < 4.78 is 0. The first-order valence-electron chi connectivity index (χ1n) is 8.82. The maximum Gasteiger partial charge on any atom is 0.236 e. The summed E-state index contributed by atoms with van der Waals surface area (Å²) in [5.41, 5.74) is 3.82. The van der Waals surface area contributed by atoms with Gasteiger partial charge < -0.3 is 4.90 Å². The Morgan fingerprint density at radius 3 is 2.81 bits per heavy atom. The van der Waals surface area contributed by atoms with Crippen molar-refractivity contribution in [1.82, 2.24) is 9.80 Å². The van der Waals surface area contributed by atoms with E-state index < -0.39 is 0 Å². The van der Waals surface area contributed by atoms with E-state index in [2.05, 4.69) is 57.4 Å². The Labute approximate surface area is 162 Å². The number of nitrogens with zero attached hydrogens (tertiary/aromatic N) is 2. The van der Waals surface area contributed by atoms with Gasteiger partial charge in [0.1, 0.15) is 0 Å². The van der Waals surface area contributed by atoms with Crippen LogP contribution in [0.4, 0.5) is 0 Å². The van der Waals surface area contributed by atoms with E-state index >= 15 is 0 Å². The summed E-state index contributed by atoms with van der Waals surface area (Å²) in [6, 6.07) is 15.0. The zero-order valence-electron chi connectivity index (χ0n) is 14.8. The van der Waals surface area contributed by atoms with Crippen molar-refractivity contribution in [3.63, 3.8) is 0 Å². The van der Waals surface area contributed by atoms with Crippen LogP contribution in [0.1, 0.15) is 27.6 Å². The monoisotopic (exact) mass is 382 g/mol. The van der Waals surface area contributed by atoms with Crippen molar-refractivity contribution in [2.24, 2.45) is 0 Å². The van der Waals surface area contributed by atoms with Crippen molar-refractivity contribution < 1.29 is 4.79 Å². The molecule has 0 saturated carbocycles. The average molecular weight is 383 g/mol. The van der Waals surface area contributed by atoms with Crippen LogP contribution in [0, 0.1) is 0 Å². The molecule has 0 bridgehead atoms. The van der Waals surface area contributed by atoms with Crippen molar-refractivity contribution in [2.75, 3.05) is 20.1 Å². The highest BCUT2D eigenvalue weighted by molar-refractivity contribution is 7.10. The van der Waals surface area contributed by atoms with Gasteiger partial charge in [-0.2, -0.15) is 11.3 Å². The Morgan fingerprint density at radius 1 is 1.19 bits per heavy atom. The first-order valence-corrected chi connectivity index (χ1v) is 10.6. The van der Waals surface area contributed by atoms with E-state index in [4.69, 9.17) is 0 Å². The fourth-order valence-electron chi connectivity index (χ4n) is 3.60. The molecule has 1 aliphatic rings. The van der Waals surface area contributed by atoms with E-state index in [-0.39, 0.29) is 11.9 Å². The van der Waals surface area contributed by atoms with Crippen LogP contribution in [0.2, 0.25) is 0 Å². The summed E-state index contributed by atoms with van der Waals surface area (Å²) in [6.07, 6.45) is 1.03. The highest BCUT2D eigenvalue weighted by atomic mass is 32.1. The molecule has 134 valence electrons. The van der Waals surface area contributed by atoms with Gasteiger partial charge in [0.25, 0.3) is 0 Å². The molecule has 1 aliphatic heterocycles. The molecular weight excluding hydrogens is 360 g/mol. The number of benzene rings is 1. The van der Waals surface area contributed by atoms with E-state index in [1.165, 1.54) is 21.6 Å². The molecule has 1 aromatic carbocycles. The van der Waals surface area contributed by atoms with Gasteiger partial charge in [0, 0.05) is 25.0 Å². The molecule has 1 amide bonds. The van der Waals surface area contributed by atoms with E-state index in [0.717, 1.165) is 13.0 Å². The average Bonchev–Trinajstić information content (AvgIpc) is 3.33. The van der Waals surface area contributed by atoms with Crippen molar-refractivity contribution >= 4 is 28.6 Å². The van der Waals surface area contributed by atoms with Crippen LogP contribution in [0.3, 0.4) is 0 Å². The van der Waals surface area contributed by atoms with Crippen LogP contribution in [-0.4, -0.2) is 35.8 Å². The number of carbonyl (C=O) groups excluding carboxylic acids is 1. The number of amides is 1. The lowest BCUT2D eigenvalue weighted by atomic mass is 9.93. The Balaban J connectivity index is 1.54. The smallest absolute Gasteiger partial charge is 0.236 e. The fraction of sp³-hybridized carbons (Fsp3) is 0.286. The summed E-state index contributed by atoms with van der Waals surface area (Å²) >= 11 is 3.51. The largest absolute Gasteiger partial charge is 0.340 e. The zero-order valence-corrected chi connectivity index (χ0v) is 16.4. The molecule has 0 saturated heterocycles. The van der Waals surface area contributed by atoms with E-state index in [9.17, 15) is 4.79 Å². The predicted octanol–water partition coefficient (Wildman–Crippen LogP) is 4.42. The molecule has 0 spiro atoms. The summed E-state index contributed by atoms with van der Waals surface area (Å²) in [6.45, 7) is 2.05. The number of fused-ring (bicyclic) bond motifs is 1. The number of rotatable bonds is 5. The van der Waals surface area contributed by atoms with Gasteiger partial charge in [0.05, 0.1) is 12.6 Å². The Hall–Kier alpha value is -1.95. The minimum Gasteiger partial charge on any atom is -0.340 e. The second-order valence-corrected chi connectivity index (χ2v) is 8.49. The van der Waals surface area contributed by atoms with Gasteiger partial charge in [-0.25, -0.2) is 0 Å². The van der Waals surface area contributed by atoms with Crippen molar-refractivity contribution in [2.45, 2.75) is 19.0 Å². The summed E-state index contributed by atoms with van der Waals surface area (Å²) in [4.78, 5) is 18.5. The Morgan fingerprint density at radius 2 is 2.04 bits per heavy atom.